The summed E-state index contributed by atoms with van der Waals surface area (Å²) in [4.78, 5) is 43.7. The van der Waals surface area contributed by atoms with E-state index >= 15 is 0 Å². The molecule has 0 fully saturated rings. The lowest BCUT2D eigenvalue weighted by molar-refractivity contribution is -0.140. The van der Waals surface area contributed by atoms with Crippen LogP contribution in [-0.4, -0.2) is 30.2 Å². The first-order chi connectivity index (χ1) is 18.1. The summed E-state index contributed by atoms with van der Waals surface area (Å²) in [5, 5.41) is 0.551. The third-order valence-corrected chi connectivity index (χ3v) is 6.91. The van der Waals surface area contributed by atoms with Crippen LogP contribution in [0.1, 0.15) is 44.9 Å². The first-order valence-electron chi connectivity index (χ1n) is 11.9. The first kappa shape index (κ1) is 27.3. The van der Waals surface area contributed by atoms with Crippen molar-refractivity contribution in [2.45, 2.75) is 33.7 Å². The molecular weight excluding hydrogens is 528 g/mol. The molecule has 1 unspecified atom stereocenters. The lowest BCUT2D eigenvalue weighted by atomic mass is 9.95. The van der Waals surface area contributed by atoms with Crippen LogP contribution in [0.25, 0.3) is 6.08 Å². The van der Waals surface area contributed by atoms with Crippen molar-refractivity contribution in [1.29, 1.82) is 0 Å². The van der Waals surface area contributed by atoms with Crippen LogP contribution in [0.4, 0.5) is 0 Å². The molecule has 0 spiro atoms. The molecule has 198 valence electrons. The van der Waals surface area contributed by atoms with Gasteiger partial charge in [0.2, 0.25) is 0 Å². The van der Waals surface area contributed by atoms with Gasteiger partial charge in [0, 0.05) is 11.9 Å². The highest BCUT2D eigenvalue weighted by molar-refractivity contribution is 7.07. The predicted molar refractivity (Wildman–Crippen MR) is 145 cm³/mol. The summed E-state index contributed by atoms with van der Waals surface area (Å²) in [6, 6.07) is 11.2. The average Bonchev–Trinajstić information content (AvgIpc) is 3.15. The van der Waals surface area contributed by atoms with E-state index in [4.69, 9.17) is 25.8 Å². The van der Waals surface area contributed by atoms with E-state index in [-0.39, 0.29) is 35.2 Å². The SMILES string of the molecule is COc1cc(C2C(C(=O)OCC(C)C)=C(C)N=c3s/c(=C\c4cccc(Cl)c4)c(=O)n32)ccc1OC(C)=O. The number of methoxy groups -OCH3 is 1. The molecule has 3 aromatic rings. The number of hydrogen-bond acceptors (Lipinski definition) is 8. The Labute approximate surface area is 228 Å². The molecule has 0 amide bonds. The number of aromatic nitrogens is 1. The molecule has 38 heavy (non-hydrogen) atoms. The zero-order valence-corrected chi connectivity index (χ0v) is 23.2. The van der Waals surface area contributed by atoms with Gasteiger partial charge in [-0.1, -0.05) is 55.0 Å². The van der Waals surface area contributed by atoms with Gasteiger partial charge in [-0.25, -0.2) is 9.79 Å². The fourth-order valence-corrected chi connectivity index (χ4v) is 5.30. The van der Waals surface area contributed by atoms with Gasteiger partial charge in [-0.2, -0.15) is 0 Å². The number of benzene rings is 2. The van der Waals surface area contributed by atoms with Crippen LogP contribution in [0.15, 0.2) is 63.5 Å². The quantitative estimate of drug-likeness (QED) is 0.323. The third-order valence-electron chi connectivity index (χ3n) is 5.69. The Balaban J connectivity index is 1.93. The molecule has 1 aromatic heterocycles. The van der Waals surface area contributed by atoms with Crippen LogP contribution < -0.4 is 24.4 Å². The minimum Gasteiger partial charge on any atom is -0.493 e. The minimum absolute atomic E-state index is 0.125. The molecular formula is C28H27ClN2O6S. The maximum Gasteiger partial charge on any atom is 0.338 e. The van der Waals surface area contributed by atoms with Crippen LogP contribution >= 0.6 is 22.9 Å². The molecule has 0 bridgehead atoms. The van der Waals surface area contributed by atoms with Crippen molar-refractivity contribution in [3.63, 3.8) is 0 Å². The van der Waals surface area contributed by atoms with Gasteiger partial charge in [-0.15, -0.1) is 0 Å². The van der Waals surface area contributed by atoms with Gasteiger partial charge in [0.05, 0.1) is 35.6 Å². The summed E-state index contributed by atoms with van der Waals surface area (Å²) < 4.78 is 18.2. The molecule has 0 saturated carbocycles. The van der Waals surface area contributed by atoms with Gasteiger partial charge in [0.15, 0.2) is 16.3 Å². The molecule has 0 N–H and O–H groups in total. The summed E-state index contributed by atoms with van der Waals surface area (Å²) in [5.74, 6) is -0.429. The Morgan fingerprint density at radius 2 is 1.95 bits per heavy atom. The number of esters is 2. The van der Waals surface area contributed by atoms with E-state index in [0.717, 1.165) is 5.56 Å². The molecule has 1 aliphatic heterocycles. The third kappa shape index (κ3) is 5.74. The summed E-state index contributed by atoms with van der Waals surface area (Å²) in [5.41, 5.74) is 1.71. The van der Waals surface area contributed by atoms with Crippen LogP contribution in [0.5, 0.6) is 11.5 Å². The number of fused-ring (bicyclic) bond motifs is 1. The number of thiazole rings is 1. The summed E-state index contributed by atoms with van der Waals surface area (Å²) in [6.45, 7) is 7.11. The van der Waals surface area contributed by atoms with E-state index in [2.05, 4.69) is 4.99 Å². The largest absolute Gasteiger partial charge is 0.493 e. The van der Waals surface area contributed by atoms with Crippen LogP contribution in [0.2, 0.25) is 5.02 Å². The fourth-order valence-electron chi connectivity index (χ4n) is 4.06. The van der Waals surface area contributed by atoms with Crippen LogP contribution in [0.3, 0.4) is 0 Å². The Morgan fingerprint density at radius 1 is 1.18 bits per heavy atom. The molecule has 0 saturated heterocycles. The topological polar surface area (TPSA) is 96.2 Å². The van der Waals surface area contributed by atoms with E-state index in [1.807, 2.05) is 19.9 Å². The maximum atomic E-state index is 13.8. The van der Waals surface area contributed by atoms with Gasteiger partial charge >= 0.3 is 11.9 Å². The molecule has 0 aliphatic carbocycles. The molecule has 8 nitrogen and oxygen atoms in total. The predicted octanol–water partition coefficient (Wildman–Crippen LogP) is 4.02. The zero-order chi connectivity index (χ0) is 27.6. The van der Waals surface area contributed by atoms with E-state index in [1.54, 1.807) is 49.4 Å². The second-order valence-electron chi connectivity index (χ2n) is 9.13. The Bertz CT molecular complexity index is 1620. The van der Waals surface area contributed by atoms with Crippen molar-refractivity contribution in [3.8, 4) is 11.5 Å². The highest BCUT2D eigenvalue weighted by atomic mass is 35.5. The minimum atomic E-state index is -0.840. The number of allylic oxidation sites excluding steroid dienone is 1. The van der Waals surface area contributed by atoms with Gasteiger partial charge in [0.25, 0.3) is 5.56 Å². The van der Waals surface area contributed by atoms with Crippen molar-refractivity contribution < 1.29 is 23.8 Å². The molecule has 4 rings (SSSR count). The van der Waals surface area contributed by atoms with Gasteiger partial charge < -0.3 is 14.2 Å². The van der Waals surface area contributed by atoms with Gasteiger partial charge in [-0.3, -0.25) is 14.2 Å². The highest BCUT2D eigenvalue weighted by Gasteiger charge is 2.34. The monoisotopic (exact) mass is 554 g/mol. The second kappa shape index (κ2) is 11.4. The van der Waals surface area contributed by atoms with E-state index in [1.165, 1.54) is 29.9 Å². The zero-order valence-electron chi connectivity index (χ0n) is 21.6. The highest BCUT2D eigenvalue weighted by Crippen LogP contribution is 2.36. The van der Waals surface area contributed by atoms with Gasteiger partial charge in [0.1, 0.15) is 0 Å². The Hall–Kier alpha value is -3.69. The second-order valence-corrected chi connectivity index (χ2v) is 10.6. The summed E-state index contributed by atoms with van der Waals surface area (Å²) in [7, 11) is 1.45. The molecule has 0 radical (unpaired) electrons. The molecule has 10 heteroatoms. The maximum absolute atomic E-state index is 13.8. The van der Waals surface area contributed by atoms with E-state index < -0.39 is 18.0 Å². The Kier molecular flexibility index (Phi) is 8.18. The normalized spacial score (nSPS) is 15.2. The summed E-state index contributed by atoms with van der Waals surface area (Å²) >= 11 is 7.35. The average molecular weight is 555 g/mol. The van der Waals surface area contributed by atoms with Crippen LogP contribution in [-0.2, 0) is 14.3 Å². The molecule has 2 heterocycles. The van der Waals surface area contributed by atoms with Crippen molar-refractivity contribution in [3.05, 3.63) is 89.6 Å². The lowest BCUT2D eigenvalue weighted by Crippen LogP contribution is -2.40. The van der Waals surface area contributed by atoms with Crippen LogP contribution in [0, 0.1) is 5.92 Å². The fraction of sp³-hybridized carbons (Fsp3) is 0.286. The number of rotatable bonds is 7. The van der Waals surface area contributed by atoms with E-state index in [9.17, 15) is 14.4 Å². The lowest BCUT2D eigenvalue weighted by Gasteiger charge is -2.25. The van der Waals surface area contributed by atoms with Crippen molar-refractivity contribution in [2.75, 3.05) is 13.7 Å². The molecule has 1 aliphatic rings. The Morgan fingerprint density at radius 3 is 2.61 bits per heavy atom. The molecule has 1 atom stereocenters. The number of hydrogen-bond donors (Lipinski definition) is 0. The number of carbonyl (C=O) groups is 2. The van der Waals surface area contributed by atoms with Crippen molar-refractivity contribution >= 4 is 41.0 Å². The smallest absolute Gasteiger partial charge is 0.338 e. The number of carbonyl (C=O) groups excluding carboxylic acids is 2. The summed E-state index contributed by atoms with van der Waals surface area (Å²) in [6.07, 6.45) is 1.74. The number of nitrogens with zero attached hydrogens (tertiary/aromatic N) is 2. The van der Waals surface area contributed by atoms with Crippen molar-refractivity contribution in [1.82, 2.24) is 4.57 Å². The van der Waals surface area contributed by atoms with Crippen molar-refractivity contribution in [2.24, 2.45) is 10.9 Å². The standard InChI is InChI=1S/C28H27ClN2O6S/c1-15(2)14-36-27(34)24-16(3)30-28-31(26(33)23(38-28)12-18-7-6-8-20(29)11-18)25(24)19-9-10-21(37-17(4)32)22(13-19)35-5/h6-13,15,25H,14H2,1-5H3/b23-12-. The van der Waals surface area contributed by atoms with Gasteiger partial charge in [-0.05, 0) is 54.3 Å². The number of halogens is 1. The molecule has 2 aromatic carbocycles. The first-order valence-corrected chi connectivity index (χ1v) is 13.1. The number of ether oxygens (including phenoxy) is 3. The van der Waals surface area contributed by atoms with E-state index in [0.29, 0.717) is 25.6 Å².